The van der Waals surface area contributed by atoms with Gasteiger partial charge in [0.15, 0.2) is 17.3 Å². The highest BCUT2D eigenvalue weighted by Gasteiger charge is 2.26. The molecule has 108 valence electrons. The Kier molecular flexibility index (Phi) is 3.19. The summed E-state index contributed by atoms with van der Waals surface area (Å²) in [5.74, 6) is 2.73. The van der Waals surface area contributed by atoms with E-state index in [9.17, 15) is 0 Å². The van der Waals surface area contributed by atoms with Crippen LogP contribution in [0.25, 0.3) is 11.4 Å². The first-order valence-corrected chi connectivity index (χ1v) is 7.62. The van der Waals surface area contributed by atoms with Gasteiger partial charge in [-0.15, -0.1) is 0 Å². The predicted octanol–water partition coefficient (Wildman–Crippen LogP) is 3.84. The first-order chi connectivity index (χ1) is 10.3. The van der Waals surface area contributed by atoms with Crippen LogP contribution in [0.3, 0.4) is 0 Å². The van der Waals surface area contributed by atoms with Gasteiger partial charge in [0.25, 0.3) is 0 Å². The molecule has 2 heterocycles. The molecular formula is C16H15ClN2O2. The predicted molar refractivity (Wildman–Crippen MR) is 80.1 cm³/mol. The zero-order valence-corrected chi connectivity index (χ0v) is 12.3. The van der Waals surface area contributed by atoms with E-state index < -0.39 is 0 Å². The first kappa shape index (κ1) is 12.9. The smallest absolute Gasteiger partial charge is 0.161 e. The Labute approximate surface area is 128 Å². The lowest BCUT2D eigenvalue weighted by Gasteiger charge is -2.09. The molecule has 1 aliphatic carbocycles. The molecule has 21 heavy (non-hydrogen) atoms. The molecule has 4 nitrogen and oxygen atoms in total. The van der Waals surface area contributed by atoms with Crippen molar-refractivity contribution in [3.8, 4) is 22.9 Å². The van der Waals surface area contributed by atoms with Crippen LogP contribution in [0.15, 0.2) is 24.3 Å². The summed E-state index contributed by atoms with van der Waals surface area (Å²) in [6.45, 7) is 1.35. The Morgan fingerprint density at radius 1 is 1.00 bits per heavy atom. The number of ether oxygens (including phenoxy) is 2. The van der Waals surface area contributed by atoms with Gasteiger partial charge >= 0.3 is 0 Å². The van der Waals surface area contributed by atoms with Gasteiger partial charge < -0.3 is 9.47 Å². The number of hydrogen-bond donors (Lipinski definition) is 0. The van der Waals surface area contributed by atoms with Crippen LogP contribution in [-0.2, 0) is 0 Å². The second-order valence-electron chi connectivity index (χ2n) is 5.43. The lowest BCUT2D eigenvalue weighted by molar-refractivity contribution is 0.297. The molecule has 1 aliphatic heterocycles. The topological polar surface area (TPSA) is 44.2 Å². The van der Waals surface area contributed by atoms with Gasteiger partial charge in [0.2, 0.25) is 0 Å². The second kappa shape index (κ2) is 5.19. The summed E-state index contributed by atoms with van der Waals surface area (Å²) in [5.41, 5.74) is 1.95. The number of nitrogens with zero attached hydrogens (tertiary/aromatic N) is 2. The third-order valence-electron chi connectivity index (χ3n) is 3.72. The first-order valence-electron chi connectivity index (χ1n) is 7.24. The van der Waals surface area contributed by atoms with Gasteiger partial charge in [-0.2, -0.15) is 0 Å². The third kappa shape index (κ3) is 2.68. The Morgan fingerprint density at radius 3 is 2.62 bits per heavy atom. The van der Waals surface area contributed by atoms with E-state index in [-0.39, 0.29) is 0 Å². The van der Waals surface area contributed by atoms with Crippen molar-refractivity contribution in [2.75, 3.05) is 13.2 Å². The van der Waals surface area contributed by atoms with Crippen LogP contribution in [-0.4, -0.2) is 23.2 Å². The summed E-state index contributed by atoms with van der Waals surface area (Å²) in [5, 5.41) is 0.494. The minimum atomic E-state index is 0.494. The van der Waals surface area contributed by atoms with E-state index in [4.69, 9.17) is 21.1 Å². The van der Waals surface area contributed by atoms with Crippen LogP contribution < -0.4 is 9.47 Å². The molecule has 1 aromatic heterocycles. The Balaban J connectivity index is 1.74. The van der Waals surface area contributed by atoms with Crippen molar-refractivity contribution in [2.45, 2.75) is 25.2 Å². The molecule has 0 saturated heterocycles. The number of aromatic nitrogens is 2. The molecular weight excluding hydrogens is 288 g/mol. The quantitative estimate of drug-likeness (QED) is 0.791. The van der Waals surface area contributed by atoms with E-state index in [1.165, 1.54) is 12.8 Å². The van der Waals surface area contributed by atoms with Crippen molar-refractivity contribution in [2.24, 2.45) is 0 Å². The molecule has 1 aromatic carbocycles. The zero-order chi connectivity index (χ0) is 14.2. The van der Waals surface area contributed by atoms with Gasteiger partial charge in [0.05, 0.1) is 13.2 Å². The maximum absolute atomic E-state index is 6.13. The van der Waals surface area contributed by atoms with E-state index in [0.29, 0.717) is 30.1 Å². The molecule has 2 aliphatic rings. The summed E-state index contributed by atoms with van der Waals surface area (Å²) >= 11 is 6.13. The summed E-state index contributed by atoms with van der Waals surface area (Å²) in [4.78, 5) is 8.99. The Bertz CT molecular complexity index is 686. The van der Waals surface area contributed by atoms with Crippen LogP contribution in [0.2, 0.25) is 5.15 Å². The molecule has 5 heteroatoms. The lowest BCUT2D eigenvalue weighted by Crippen LogP contribution is -1.97. The molecule has 0 N–H and O–H groups in total. The van der Waals surface area contributed by atoms with Crippen molar-refractivity contribution in [1.29, 1.82) is 0 Å². The summed E-state index contributed by atoms with van der Waals surface area (Å²) in [6.07, 6.45) is 3.27. The largest absolute Gasteiger partial charge is 0.490 e. The minimum absolute atomic E-state index is 0.494. The average Bonchev–Trinajstić information content (AvgIpc) is 3.32. The number of hydrogen-bond acceptors (Lipinski definition) is 4. The van der Waals surface area contributed by atoms with E-state index >= 15 is 0 Å². The van der Waals surface area contributed by atoms with Gasteiger partial charge in [0.1, 0.15) is 5.15 Å². The fourth-order valence-corrected chi connectivity index (χ4v) is 2.65. The maximum Gasteiger partial charge on any atom is 0.161 e. The minimum Gasteiger partial charge on any atom is -0.490 e. The van der Waals surface area contributed by atoms with E-state index in [0.717, 1.165) is 29.2 Å². The highest BCUT2D eigenvalue weighted by Crippen LogP contribution is 2.40. The van der Waals surface area contributed by atoms with Crippen molar-refractivity contribution in [3.63, 3.8) is 0 Å². The monoisotopic (exact) mass is 302 g/mol. The Hall–Kier alpha value is -1.81. The highest BCUT2D eigenvalue weighted by atomic mass is 35.5. The molecule has 1 fully saturated rings. The lowest BCUT2D eigenvalue weighted by atomic mass is 10.1. The number of halogens is 1. The molecule has 0 radical (unpaired) electrons. The van der Waals surface area contributed by atoms with E-state index in [1.54, 1.807) is 0 Å². The molecule has 4 rings (SSSR count). The molecule has 1 saturated carbocycles. The number of rotatable bonds is 2. The molecule has 0 amide bonds. The van der Waals surface area contributed by atoms with Crippen molar-refractivity contribution in [3.05, 3.63) is 35.1 Å². The van der Waals surface area contributed by atoms with Gasteiger partial charge in [-0.1, -0.05) is 11.6 Å². The van der Waals surface area contributed by atoms with E-state index in [1.807, 2.05) is 24.3 Å². The fraction of sp³-hybridized carbons (Fsp3) is 0.375. The SMILES string of the molecule is Clc1cc(C2CC2)nc(-c2ccc3c(c2)OCCCO3)n1. The van der Waals surface area contributed by atoms with Gasteiger partial charge in [-0.3, -0.25) is 0 Å². The van der Waals surface area contributed by atoms with Crippen molar-refractivity contribution >= 4 is 11.6 Å². The van der Waals surface area contributed by atoms with Crippen LogP contribution >= 0.6 is 11.6 Å². The standard InChI is InChI=1S/C16H15ClN2O2/c17-15-9-12(10-2-3-10)18-16(19-15)11-4-5-13-14(8-11)21-7-1-6-20-13/h4-5,8-10H,1-3,6-7H2. The molecule has 0 spiro atoms. The average molecular weight is 303 g/mol. The van der Waals surface area contributed by atoms with Gasteiger partial charge in [-0.05, 0) is 37.1 Å². The van der Waals surface area contributed by atoms with Crippen LogP contribution in [0.1, 0.15) is 30.9 Å². The normalized spacial score (nSPS) is 17.4. The summed E-state index contributed by atoms with van der Waals surface area (Å²) < 4.78 is 11.4. The van der Waals surface area contributed by atoms with Gasteiger partial charge in [-0.25, -0.2) is 9.97 Å². The summed E-state index contributed by atoms with van der Waals surface area (Å²) in [7, 11) is 0. The Morgan fingerprint density at radius 2 is 1.81 bits per heavy atom. The van der Waals surface area contributed by atoms with Crippen molar-refractivity contribution < 1.29 is 9.47 Å². The third-order valence-corrected chi connectivity index (χ3v) is 3.91. The molecule has 2 aromatic rings. The zero-order valence-electron chi connectivity index (χ0n) is 11.5. The summed E-state index contributed by atoms with van der Waals surface area (Å²) in [6, 6.07) is 7.67. The van der Waals surface area contributed by atoms with Crippen LogP contribution in [0.5, 0.6) is 11.5 Å². The van der Waals surface area contributed by atoms with Crippen molar-refractivity contribution in [1.82, 2.24) is 9.97 Å². The van der Waals surface area contributed by atoms with Crippen LogP contribution in [0.4, 0.5) is 0 Å². The molecule has 0 atom stereocenters. The number of fused-ring (bicyclic) bond motifs is 1. The number of benzene rings is 1. The maximum atomic E-state index is 6.13. The van der Waals surface area contributed by atoms with E-state index in [2.05, 4.69) is 9.97 Å². The molecule has 0 bridgehead atoms. The molecule has 0 unspecified atom stereocenters. The van der Waals surface area contributed by atoms with Crippen LogP contribution in [0, 0.1) is 0 Å². The second-order valence-corrected chi connectivity index (χ2v) is 5.81. The highest BCUT2D eigenvalue weighted by molar-refractivity contribution is 6.29. The fourth-order valence-electron chi connectivity index (χ4n) is 2.45. The van der Waals surface area contributed by atoms with Gasteiger partial charge in [0, 0.05) is 23.6 Å².